The number of pyridine rings is 1. The second kappa shape index (κ2) is 4.97. The second-order valence-corrected chi connectivity index (χ2v) is 5.45. The number of thiazole rings is 1. The Morgan fingerprint density at radius 3 is 2.89 bits per heavy atom. The molecule has 0 radical (unpaired) electrons. The first kappa shape index (κ1) is 12.1. The maximum Gasteiger partial charge on any atom is 0.274 e. The number of aromatic nitrogens is 2. The summed E-state index contributed by atoms with van der Waals surface area (Å²) in [6, 6.07) is 6.04. The SMILES string of the molecule is Nc1nc(C(=O)N(Cc2ccccn2)C2CC2)cs1. The van der Waals surface area contributed by atoms with Crippen LogP contribution in [0.15, 0.2) is 29.8 Å². The molecule has 19 heavy (non-hydrogen) atoms. The van der Waals surface area contributed by atoms with E-state index in [0.717, 1.165) is 18.5 Å². The Hall–Kier alpha value is -1.95. The molecule has 0 unspecified atom stereocenters. The number of nitrogen functional groups attached to an aromatic ring is 1. The Balaban J connectivity index is 1.79. The first-order chi connectivity index (χ1) is 9.24. The molecule has 2 N–H and O–H groups in total. The summed E-state index contributed by atoms with van der Waals surface area (Å²) in [5, 5.41) is 2.14. The molecule has 6 heteroatoms. The Labute approximate surface area is 115 Å². The van der Waals surface area contributed by atoms with Crippen LogP contribution in [0.4, 0.5) is 5.13 Å². The predicted octanol–water partition coefficient (Wildman–Crippen LogP) is 1.93. The van der Waals surface area contributed by atoms with E-state index >= 15 is 0 Å². The molecule has 2 heterocycles. The van der Waals surface area contributed by atoms with Gasteiger partial charge in [-0.3, -0.25) is 9.78 Å². The summed E-state index contributed by atoms with van der Waals surface area (Å²) in [5.74, 6) is -0.0545. The van der Waals surface area contributed by atoms with Crippen molar-refractivity contribution in [3.63, 3.8) is 0 Å². The Morgan fingerprint density at radius 2 is 2.32 bits per heavy atom. The van der Waals surface area contributed by atoms with Gasteiger partial charge in [0.25, 0.3) is 5.91 Å². The molecule has 0 aliphatic heterocycles. The fourth-order valence-electron chi connectivity index (χ4n) is 1.95. The zero-order valence-corrected chi connectivity index (χ0v) is 11.1. The Kier molecular flexibility index (Phi) is 3.16. The number of nitrogens with zero attached hydrogens (tertiary/aromatic N) is 3. The fraction of sp³-hybridized carbons (Fsp3) is 0.308. The van der Waals surface area contributed by atoms with Crippen molar-refractivity contribution in [1.29, 1.82) is 0 Å². The van der Waals surface area contributed by atoms with Crippen LogP contribution >= 0.6 is 11.3 Å². The van der Waals surface area contributed by atoms with Crippen molar-refractivity contribution in [3.05, 3.63) is 41.2 Å². The van der Waals surface area contributed by atoms with E-state index in [1.807, 2.05) is 23.1 Å². The summed E-state index contributed by atoms with van der Waals surface area (Å²) >= 11 is 1.29. The monoisotopic (exact) mass is 274 g/mol. The van der Waals surface area contributed by atoms with Crippen molar-refractivity contribution in [2.24, 2.45) is 0 Å². The number of nitrogens with two attached hydrogens (primary N) is 1. The van der Waals surface area contributed by atoms with Crippen LogP contribution in [0.5, 0.6) is 0 Å². The lowest BCUT2D eigenvalue weighted by atomic mass is 10.3. The molecule has 1 aliphatic rings. The van der Waals surface area contributed by atoms with Crippen LogP contribution in [0.1, 0.15) is 29.0 Å². The minimum atomic E-state index is -0.0545. The van der Waals surface area contributed by atoms with Crippen molar-refractivity contribution in [1.82, 2.24) is 14.9 Å². The maximum atomic E-state index is 12.4. The molecule has 98 valence electrons. The smallest absolute Gasteiger partial charge is 0.274 e. The highest BCUT2D eigenvalue weighted by atomic mass is 32.1. The van der Waals surface area contributed by atoms with Gasteiger partial charge in [-0.15, -0.1) is 11.3 Å². The van der Waals surface area contributed by atoms with E-state index in [1.165, 1.54) is 11.3 Å². The van der Waals surface area contributed by atoms with Crippen molar-refractivity contribution in [2.45, 2.75) is 25.4 Å². The van der Waals surface area contributed by atoms with Gasteiger partial charge in [-0.05, 0) is 25.0 Å². The van der Waals surface area contributed by atoms with Gasteiger partial charge in [0.2, 0.25) is 0 Å². The van der Waals surface area contributed by atoms with Gasteiger partial charge in [0.05, 0.1) is 12.2 Å². The lowest BCUT2D eigenvalue weighted by Crippen LogP contribution is -2.33. The van der Waals surface area contributed by atoms with E-state index in [-0.39, 0.29) is 5.91 Å². The van der Waals surface area contributed by atoms with E-state index in [1.54, 1.807) is 11.6 Å². The fourth-order valence-corrected chi connectivity index (χ4v) is 2.49. The molecule has 3 rings (SSSR count). The summed E-state index contributed by atoms with van der Waals surface area (Å²) in [7, 11) is 0. The number of carbonyl (C=O) groups is 1. The maximum absolute atomic E-state index is 12.4. The zero-order valence-electron chi connectivity index (χ0n) is 10.3. The molecule has 2 aromatic rings. The van der Waals surface area contributed by atoms with Crippen LogP contribution < -0.4 is 5.73 Å². The van der Waals surface area contributed by atoms with Gasteiger partial charge in [0, 0.05) is 17.6 Å². The lowest BCUT2D eigenvalue weighted by Gasteiger charge is -2.20. The third kappa shape index (κ3) is 2.73. The summed E-state index contributed by atoms with van der Waals surface area (Å²) in [5.41, 5.74) is 6.92. The minimum Gasteiger partial charge on any atom is -0.375 e. The molecule has 0 saturated heterocycles. The predicted molar refractivity (Wildman–Crippen MR) is 73.7 cm³/mol. The van der Waals surface area contributed by atoms with Gasteiger partial charge in [-0.25, -0.2) is 4.98 Å². The molecule has 1 fully saturated rings. The average Bonchev–Trinajstić information content (AvgIpc) is 3.18. The van der Waals surface area contributed by atoms with Crippen molar-refractivity contribution >= 4 is 22.4 Å². The molecule has 0 bridgehead atoms. The third-order valence-electron chi connectivity index (χ3n) is 3.05. The summed E-state index contributed by atoms with van der Waals surface area (Å²) in [4.78, 5) is 22.6. The zero-order chi connectivity index (χ0) is 13.2. The van der Waals surface area contributed by atoms with Crippen LogP contribution in [0.2, 0.25) is 0 Å². The number of anilines is 1. The van der Waals surface area contributed by atoms with E-state index in [4.69, 9.17) is 5.73 Å². The standard InChI is InChI=1S/C13H14N4OS/c14-13-16-11(8-19-13)12(18)17(10-4-5-10)7-9-3-1-2-6-15-9/h1-3,6,8,10H,4-5,7H2,(H2,14,16). The van der Waals surface area contributed by atoms with Crippen molar-refractivity contribution in [2.75, 3.05) is 5.73 Å². The molecular formula is C13H14N4OS. The number of carbonyl (C=O) groups excluding carboxylic acids is 1. The van der Waals surface area contributed by atoms with Crippen LogP contribution in [-0.2, 0) is 6.54 Å². The highest BCUT2D eigenvalue weighted by Gasteiger charge is 2.34. The molecule has 0 spiro atoms. The molecule has 0 aromatic carbocycles. The van der Waals surface area contributed by atoms with Crippen LogP contribution in [-0.4, -0.2) is 26.8 Å². The third-order valence-corrected chi connectivity index (χ3v) is 3.72. The van der Waals surface area contributed by atoms with Crippen LogP contribution in [0.3, 0.4) is 0 Å². The van der Waals surface area contributed by atoms with Gasteiger partial charge >= 0.3 is 0 Å². The van der Waals surface area contributed by atoms with Gasteiger partial charge in [0.15, 0.2) is 5.13 Å². The van der Waals surface area contributed by atoms with E-state index in [2.05, 4.69) is 9.97 Å². The van der Waals surface area contributed by atoms with Gasteiger partial charge < -0.3 is 10.6 Å². The topological polar surface area (TPSA) is 72.1 Å². The van der Waals surface area contributed by atoms with Crippen molar-refractivity contribution < 1.29 is 4.79 Å². The molecule has 1 amide bonds. The minimum absolute atomic E-state index is 0.0545. The van der Waals surface area contributed by atoms with E-state index < -0.39 is 0 Å². The molecule has 1 aliphatic carbocycles. The van der Waals surface area contributed by atoms with Gasteiger partial charge in [-0.1, -0.05) is 6.07 Å². The lowest BCUT2D eigenvalue weighted by molar-refractivity contribution is 0.0722. The van der Waals surface area contributed by atoms with Crippen LogP contribution in [0, 0.1) is 0 Å². The van der Waals surface area contributed by atoms with Gasteiger partial charge in [-0.2, -0.15) is 0 Å². The highest BCUT2D eigenvalue weighted by Crippen LogP contribution is 2.29. The molecule has 1 saturated carbocycles. The Bertz CT molecular complexity index is 579. The summed E-state index contributed by atoms with van der Waals surface area (Å²) in [6.45, 7) is 0.530. The summed E-state index contributed by atoms with van der Waals surface area (Å²) in [6.07, 6.45) is 3.85. The molecule has 5 nitrogen and oxygen atoms in total. The first-order valence-corrected chi connectivity index (χ1v) is 7.04. The highest BCUT2D eigenvalue weighted by molar-refractivity contribution is 7.13. The second-order valence-electron chi connectivity index (χ2n) is 4.56. The normalized spacial score (nSPS) is 14.3. The van der Waals surface area contributed by atoms with E-state index in [0.29, 0.717) is 23.4 Å². The van der Waals surface area contributed by atoms with Crippen LogP contribution in [0.25, 0.3) is 0 Å². The first-order valence-electron chi connectivity index (χ1n) is 6.16. The van der Waals surface area contributed by atoms with Gasteiger partial charge in [0.1, 0.15) is 5.69 Å². The Morgan fingerprint density at radius 1 is 1.47 bits per heavy atom. The number of hydrogen-bond acceptors (Lipinski definition) is 5. The molecule has 2 aromatic heterocycles. The van der Waals surface area contributed by atoms with Crippen molar-refractivity contribution in [3.8, 4) is 0 Å². The largest absolute Gasteiger partial charge is 0.375 e. The quantitative estimate of drug-likeness (QED) is 0.924. The number of rotatable bonds is 4. The molecule has 0 atom stereocenters. The molecular weight excluding hydrogens is 260 g/mol. The number of amides is 1. The summed E-state index contributed by atoms with van der Waals surface area (Å²) < 4.78 is 0. The van der Waals surface area contributed by atoms with E-state index in [9.17, 15) is 4.79 Å². The number of hydrogen-bond donors (Lipinski definition) is 1. The average molecular weight is 274 g/mol.